The average Bonchev–Trinajstić information content (AvgIpc) is 3.40. The van der Waals surface area contributed by atoms with E-state index in [1.807, 2.05) is 10.3 Å². The van der Waals surface area contributed by atoms with Crippen molar-refractivity contribution in [2.24, 2.45) is 0 Å². The molecule has 36 heavy (non-hydrogen) atoms. The zero-order valence-electron chi connectivity index (χ0n) is 21.6. The lowest BCUT2D eigenvalue weighted by Crippen LogP contribution is -2.58. The Kier molecular flexibility index (Phi) is 9.65. The molecule has 1 aromatic carbocycles. The van der Waals surface area contributed by atoms with Crippen LogP contribution >= 0.6 is 11.3 Å². The maximum Gasteiger partial charge on any atom is 0.273 e. The Morgan fingerprint density at radius 1 is 1.14 bits per heavy atom. The van der Waals surface area contributed by atoms with Crippen LogP contribution in [0.4, 0.5) is 0 Å². The molecule has 2 aliphatic heterocycles. The first-order chi connectivity index (χ1) is 17.5. The maximum absolute atomic E-state index is 13.1. The van der Waals surface area contributed by atoms with Gasteiger partial charge < -0.3 is 24.1 Å². The van der Waals surface area contributed by atoms with Crippen molar-refractivity contribution < 1.29 is 19.1 Å². The number of hydrogen-bond acceptors (Lipinski definition) is 7. The maximum atomic E-state index is 13.1. The molecule has 1 amide bonds. The highest BCUT2D eigenvalue weighted by atomic mass is 32.1. The molecule has 2 aromatic rings. The minimum atomic E-state index is -0.225. The molecule has 7 nitrogen and oxygen atoms in total. The zero-order valence-corrected chi connectivity index (χ0v) is 22.4. The van der Waals surface area contributed by atoms with Gasteiger partial charge in [0.05, 0.1) is 37.0 Å². The second-order valence-electron chi connectivity index (χ2n) is 10.2. The van der Waals surface area contributed by atoms with E-state index in [4.69, 9.17) is 9.47 Å². The lowest BCUT2D eigenvalue weighted by molar-refractivity contribution is -0.127. The van der Waals surface area contributed by atoms with Crippen molar-refractivity contribution in [2.45, 2.75) is 57.5 Å². The molecular weight excluding hydrogens is 474 g/mol. The minimum Gasteiger partial charge on any atom is -0.381 e. The van der Waals surface area contributed by atoms with E-state index < -0.39 is 0 Å². The summed E-state index contributed by atoms with van der Waals surface area (Å²) >= 11 is 1.57. The van der Waals surface area contributed by atoms with Crippen molar-refractivity contribution in [3.05, 3.63) is 51.5 Å². The number of ether oxygens (including phenoxy) is 2. The van der Waals surface area contributed by atoms with Crippen LogP contribution in [-0.2, 0) is 27.1 Å². The fraction of sp³-hybridized carbons (Fsp3) is 0.607. The van der Waals surface area contributed by atoms with E-state index in [-0.39, 0.29) is 11.5 Å². The van der Waals surface area contributed by atoms with Crippen LogP contribution < -0.4 is 0 Å². The summed E-state index contributed by atoms with van der Waals surface area (Å²) in [5.74, 6) is 0.383. The van der Waals surface area contributed by atoms with E-state index in [2.05, 4.69) is 48.0 Å². The molecule has 0 N–H and O–H groups in total. The van der Waals surface area contributed by atoms with E-state index in [1.54, 1.807) is 11.3 Å². The number of benzene rings is 1. The first-order valence-electron chi connectivity index (χ1n) is 13.2. The largest absolute Gasteiger partial charge is 0.381 e. The van der Waals surface area contributed by atoms with E-state index in [0.29, 0.717) is 50.9 Å². The van der Waals surface area contributed by atoms with Crippen molar-refractivity contribution >= 4 is 23.5 Å². The second kappa shape index (κ2) is 12.9. The van der Waals surface area contributed by atoms with Crippen LogP contribution in [-0.4, -0.2) is 85.1 Å². The number of carbonyl (C=O) groups excluding carboxylic acids is 2. The van der Waals surface area contributed by atoms with Crippen LogP contribution in [0.5, 0.6) is 0 Å². The molecule has 2 aliphatic rings. The molecular formula is C28H39N3O4S. The Morgan fingerprint density at radius 2 is 1.86 bits per heavy atom. The van der Waals surface area contributed by atoms with Crippen molar-refractivity contribution in [1.29, 1.82) is 0 Å². The standard InChI is InChI=1S/C28H39N3O4S/c1-22(2)26-29-25(20-36-26)27(33)31-15-19-35-28(21-31)10-13-30(14-11-28)12-8-23-4-6-24(7-5-23)9-18-34-17-3-16-32/h4-7,16,20,22H,3,8-15,17-19,21H2,1-2H3. The van der Waals surface area contributed by atoms with E-state index in [0.717, 1.165) is 56.6 Å². The number of aldehydes is 1. The van der Waals surface area contributed by atoms with Crippen molar-refractivity contribution in [3.8, 4) is 0 Å². The quantitative estimate of drug-likeness (QED) is 0.335. The first-order valence-corrected chi connectivity index (χ1v) is 14.1. The average molecular weight is 514 g/mol. The number of aromatic nitrogens is 1. The van der Waals surface area contributed by atoms with Crippen LogP contribution in [0.2, 0.25) is 0 Å². The molecule has 2 saturated heterocycles. The molecule has 0 radical (unpaired) electrons. The molecule has 1 aromatic heterocycles. The van der Waals surface area contributed by atoms with Crippen LogP contribution in [0, 0.1) is 0 Å². The lowest BCUT2D eigenvalue weighted by atomic mass is 9.89. The SMILES string of the molecule is CC(C)c1nc(C(=O)N2CCOC3(CCN(CCc4ccc(CCOCCC=O)cc4)CC3)C2)cs1. The van der Waals surface area contributed by atoms with Gasteiger partial charge in [0.2, 0.25) is 0 Å². The van der Waals surface area contributed by atoms with Gasteiger partial charge in [-0.2, -0.15) is 0 Å². The summed E-state index contributed by atoms with van der Waals surface area (Å²) in [6.07, 6.45) is 5.15. The van der Waals surface area contributed by atoms with Crippen molar-refractivity contribution in [1.82, 2.24) is 14.8 Å². The minimum absolute atomic E-state index is 0.0410. The molecule has 0 bridgehead atoms. The number of morpholine rings is 1. The third-order valence-electron chi connectivity index (χ3n) is 7.19. The molecule has 0 aliphatic carbocycles. The lowest BCUT2D eigenvalue weighted by Gasteiger charge is -2.47. The smallest absolute Gasteiger partial charge is 0.273 e. The number of rotatable bonds is 11. The fourth-order valence-corrected chi connectivity index (χ4v) is 5.71. The van der Waals surface area contributed by atoms with Gasteiger partial charge in [0.1, 0.15) is 12.0 Å². The third kappa shape index (κ3) is 7.22. The van der Waals surface area contributed by atoms with Crippen molar-refractivity contribution in [3.63, 3.8) is 0 Å². The Bertz CT molecular complexity index is 983. The van der Waals surface area contributed by atoms with Gasteiger partial charge in [-0.05, 0) is 36.8 Å². The van der Waals surface area contributed by atoms with Gasteiger partial charge >= 0.3 is 0 Å². The number of amides is 1. The van der Waals surface area contributed by atoms with E-state index in [9.17, 15) is 9.59 Å². The van der Waals surface area contributed by atoms with Crippen molar-refractivity contribution in [2.75, 3.05) is 52.5 Å². The predicted octanol–water partition coefficient (Wildman–Crippen LogP) is 3.96. The highest BCUT2D eigenvalue weighted by molar-refractivity contribution is 7.09. The number of nitrogens with zero attached hydrogens (tertiary/aromatic N) is 3. The molecule has 4 rings (SSSR count). The Labute approximate surface area is 218 Å². The molecule has 0 atom stereocenters. The summed E-state index contributed by atoms with van der Waals surface area (Å²) in [5, 5.41) is 2.92. The van der Waals surface area contributed by atoms with Gasteiger partial charge in [-0.15, -0.1) is 11.3 Å². The highest BCUT2D eigenvalue weighted by Gasteiger charge is 2.41. The first kappa shape index (κ1) is 26.9. The second-order valence-corrected chi connectivity index (χ2v) is 11.1. The number of piperidine rings is 1. The van der Waals surface area contributed by atoms with Crippen LogP contribution in [0.1, 0.15) is 65.7 Å². The van der Waals surface area contributed by atoms with E-state index >= 15 is 0 Å². The molecule has 3 heterocycles. The molecule has 196 valence electrons. The predicted molar refractivity (Wildman–Crippen MR) is 142 cm³/mol. The topological polar surface area (TPSA) is 72.0 Å². The summed E-state index contributed by atoms with van der Waals surface area (Å²) in [7, 11) is 0. The van der Waals surface area contributed by atoms with Crippen LogP contribution in [0.25, 0.3) is 0 Å². The number of thiazole rings is 1. The zero-order chi connectivity index (χ0) is 25.4. The summed E-state index contributed by atoms with van der Waals surface area (Å²) < 4.78 is 11.7. The van der Waals surface area contributed by atoms with E-state index in [1.165, 1.54) is 11.1 Å². The molecule has 1 spiro atoms. The Balaban J connectivity index is 1.20. The Hall–Kier alpha value is -2.13. The van der Waals surface area contributed by atoms with Gasteiger partial charge in [-0.3, -0.25) is 4.79 Å². The normalized spacial score (nSPS) is 18.1. The molecule has 2 fully saturated rings. The summed E-state index contributed by atoms with van der Waals surface area (Å²) in [4.78, 5) is 32.5. The van der Waals surface area contributed by atoms with Crippen LogP contribution in [0.3, 0.4) is 0 Å². The highest BCUT2D eigenvalue weighted by Crippen LogP contribution is 2.31. The summed E-state index contributed by atoms with van der Waals surface area (Å²) in [5.41, 5.74) is 2.96. The fourth-order valence-electron chi connectivity index (χ4n) is 4.90. The van der Waals surface area contributed by atoms with Gasteiger partial charge in [0.15, 0.2) is 0 Å². The van der Waals surface area contributed by atoms with Crippen LogP contribution in [0.15, 0.2) is 29.6 Å². The van der Waals surface area contributed by atoms with Gasteiger partial charge in [-0.25, -0.2) is 4.98 Å². The third-order valence-corrected chi connectivity index (χ3v) is 8.34. The van der Waals surface area contributed by atoms with Gasteiger partial charge in [-0.1, -0.05) is 38.1 Å². The molecule has 0 saturated carbocycles. The number of likely N-dealkylation sites (tertiary alicyclic amines) is 1. The number of carbonyl (C=O) groups is 2. The molecule has 0 unspecified atom stereocenters. The monoisotopic (exact) mass is 513 g/mol. The molecule has 8 heteroatoms. The summed E-state index contributed by atoms with van der Waals surface area (Å²) in [6.45, 7) is 10.3. The number of hydrogen-bond donors (Lipinski definition) is 0. The summed E-state index contributed by atoms with van der Waals surface area (Å²) in [6, 6.07) is 8.78. The van der Waals surface area contributed by atoms with Gasteiger partial charge in [0.25, 0.3) is 5.91 Å². The Morgan fingerprint density at radius 3 is 2.53 bits per heavy atom. The van der Waals surface area contributed by atoms with Gasteiger partial charge in [0, 0.05) is 43.9 Å².